The summed E-state index contributed by atoms with van der Waals surface area (Å²) in [7, 11) is 0. The van der Waals surface area contributed by atoms with Gasteiger partial charge >= 0.3 is 0 Å². The first-order valence-corrected chi connectivity index (χ1v) is 19.6. The van der Waals surface area contributed by atoms with E-state index in [1.54, 1.807) is 42.5 Å². The third-order valence-corrected chi connectivity index (χ3v) is 9.04. The third kappa shape index (κ3) is 17.6. The van der Waals surface area contributed by atoms with Crippen LogP contribution in [0.5, 0.6) is 0 Å². The van der Waals surface area contributed by atoms with Crippen LogP contribution in [0.2, 0.25) is 15.1 Å². The Morgan fingerprint density at radius 2 is 0.981 bits per heavy atom. The second kappa shape index (κ2) is 26.0. The Balaban J connectivity index is 0.000000355. The van der Waals surface area contributed by atoms with Crippen LogP contribution in [0, 0.1) is 0 Å². The number of carboxylic acids is 1. The minimum Gasteiger partial charge on any atom is -0.481 e. The minimum atomic E-state index is -0.833. The molecular weight excluding hydrogens is 787 g/mol. The second-order valence-electron chi connectivity index (χ2n) is 9.01. The van der Waals surface area contributed by atoms with Crippen LogP contribution >= 0.6 is 70.1 Å². The highest BCUT2D eigenvalue weighted by Gasteiger charge is 2.23. The van der Waals surface area contributed by atoms with Crippen LogP contribution in [-0.4, -0.2) is 55.8 Å². The number of nitrogens with one attached hydrogen (secondary N) is 3. The molecule has 52 heavy (non-hydrogen) atoms. The Hall–Kier alpha value is -3.79. The van der Waals surface area contributed by atoms with Crippen molar-refractivity contribution in [1.82, 2.24) is 16.0 Å². The lowest BCUT2D eigenvalue weighted by Gasteiger charge is -1.98. The van der Waals surface area contributed by atoms with Gasteiger partial charge in [-0.3, -0.25) is 19.2 Å². The van der Waals surface area contributed by atoms with Gasteiger partial charge in [-0.05, 0) is 55.1 Å². The van der Waals surface area contributed by atoms with Gasteiger partial charge in [-0.1, -0.05) is 128 Å². The molecular formula is C35H39Cl3N6O5S3. The number of para-hydroxylation sites is 3. The van der Waals surface area contributed by atoms with Crippen LogP contribution in [0.15, 0.2) is 98.8 Å². The van der Waals surface area contributed by atoms with E-state index in [2.05, 4.69) is 30.9 Å². The zero-order valence-corrected chi connectivity index (χ0v) is 33.9. The number of amidine groups is 3. The molecule has 0 spiro atoms. The number of nitrogens with zero attached hydrogens (tertiary/aromatic N) is 3. The van der Waals surface area contributed by atoms with Crippen LogP contribution in [-0.2, 0) is 19.2 Å². The highest BCUT2D eigenvalue weighted by Crippen LogP contribution is 2.30. The molecule has 0 aliphatic carbocycles. The summed E-state index contributed by atoms with van der Waals surface area (Å²) in [5.74, 6) is -0.105. The number of aliphatic carboxylic acids is 1. The quantitative estimate of drug-likeness (QED) is 0.190. The summed E-state index contributed by atoms with van der Waals surface area (Å²) in [6.07, 6.45) is 1.76. The molecule has 3 heterocycles. The zero-order chi connectivity index (χ0) is 39.1. The van der Waals surface area contributed by atoms with Gasteiger partial charge in [-0.15, -0.1) is 0 Å². The summed E-state index contributed by atoms with van der Waals surface area (Å²) < 4.78 is 0. The average Bonchev–Trinajstić information content (AvgIpc) is 3.85. The number of benzene rings is 3. The van der Waals surface area contributed by atoms with Crippen molar-refractivity contribution in [2.75, 3.05) is 11.5 Å². The number of hydrogen-bond donors (Lipinski definition) is 4. The van der Waals surface area contributed by atoms with Gasteiger partial charge in [0.15, 0.2) is 15.5 Å². The summed E-state index contributed by atoms with van der Waals surface area (Å²) in [6, 6.07) is 21.8. The van der Waals surface area contributed by atoms with Crippen molar-refractivity contribution in [1.29, 1.82) is 0 Å². The highest BCUT2D eigenvalue weighted by molar-refractivity contribution is 8.18. The number of halogens is 3. The maximum Gasteiger partial charge on any atom is 0.300 e. The molecule has 3 aliphatic heterocycles. The van der Waals surface area contributed by atoms with Crippen molar-refractivity contribution in [2.45, 2.75) is 41.5 Å². The first-order valence-electron chi connectivity index (χ1n) is 15.6. The van der Waals surface area contributed by atoms with E-state index in [4.69, 9.17) is 44.7 Å². The van der Waals surface area contributed by atoms with E-state index < -0.39 is 5.97 Å². The van der Waals surface area contributed by atoms with Crippen LogP contribution in [0.3, 0.4) is 0 Å². The van der Waals surface area contributed by atoms with Gasteiger partial charge in [0.1, 0.15) is 0 Å². The van der Waals surface area contributed by atoms with Crippen LogP contribution in [0.4, 0.5) is 17.1 Å². The fourth-order valence-electron chi connectivity index (χ4n) is 3.30. The molecule has 0 radical (unpaired) electrons. The fraction of sp³-hybridized carbons (Fsp3) is 0.229. The number of carbonyl (C=O) groups excluding carboxylic acids is 3. The van der Waals surface area contributed by atoms with Gasteiger partial charge in [0, 0.05) is 6.92 Å². The Morgan fingerprint density at radius 3 is 1.25 bits per heavy atom. The lowest BCUT2D eigenvalue weighted by Crippen LogP contribution is -2.19. The van der Waals surface area contributed by atoms with E-state index in [1.165, 1.54) is 35.3 Å². The number of hydrogen-bond acceptors (Lipinski definition) is 10. The fourth-order valence-corrected chi connectivity index (χ4v) is 5.97. The van der Waals surface area contributed by atoms with Gasteiger partial charge in [0.2, 0.25) is 11.8 Å². The Morgan fingerprint density at radius 1 is 0.654 bits per heavy atom. The SMILES string of the molecule is CC.CC.CC(=O)O.CC=C1SC(=Nc2ccccc2Cl)NC1=O.O=C1CSC(=Nc2ccccc2Cl)N1.O=C1CSC(=Nc2ccccc2Cl)N1. The maximum absolute atomic E-state index is 11.4. The van der Waals surface area contributed by atoms with Gasteiger partial charge in [0.25, 0.3) is 11.9 Å². The molecule has 3 aliphatic rings. The summed E-state index contributed by atoms with van der Waals surface area (Å²) >= 11 is 21.9. The minimum absolute atomic E-state index is 0.0131. The zero-order valence-electron chi connectivity index (χ0n) is 29.2. The number of amides is 3. The lowest BCUT2D eigenvalue weighted by atomic mass is 10.3. The molecule has 278 valence electrons. The van der Waals surface area contributed by atoms with Crippen LogP contribution in [0.25, 0.3) is 0 Å². The van der Waals surface area contributed by atoms with Crippen molar-refractivity contribution >= 4 is 126 Å². The van der Waals surface area contributed by atoms with Gasteiger partial charge in [-0.2, -0.15) is 0 Å². The normalized spacial score (nSPS) is 17.1. The highest BCUT2D eigenvalue weighted by atomic mass is 35.5. The number of allylic oxidation sites excluding steroid dienone is 1. The van der Waals surface area contributed by atoms with Crippen molar-refractivity contribution in [3.05, 3.63) is 98.8 Å². The van der Waals surface area contributed by atoms with Crippen LogP contribution < -0.4 is 16.0 Å². The van der Waals surface area contributed by atoms with E-state index in [0.717, 1.165) is 6.92 Å². The lowest BCUT2D eigenvalue weighted by molar-refractivity contribution is -0.134. The number of rotatable bonds is 3. The van der Waals surface area contributed by atoms with E-state index in [-0.39, 0.29) is 17.7 Å². The topological polar surface area (TPSA) is 162 Å². The van der Waals surface area contributed by atoms with E-state index in [9.17, 15) is 14.4 Å². The number of carboxylic acid groups (broad SMARTS) is 1. The molecule has 0 unspecified atom stereocenters. The number of thioether (sulfide) groups is 3. The smallest absolute Gasteiger partial charge is 0.300 e. The van der Waals surface area contributed by atoms with E-state index in [1.807, 2.05) is 71.0 Å². The predicted molar refractivity (Wildman–Crippen MR) is 222 cm³/mol. The first-order chi connectivity index (χ1) is 24.9. The number of aliphatic imine (C=N–C) groups is 3. The molecule has 0 aromatic heterocycles. The molecule has 17 heteroatoms. The van der Waals surface area contributed by atoms with Gasteiger partial charge in [-0.25, -0.2) is 15.0 Å². The molecule has 3 aromatic carbocycles. The largest absolute Gasteiger partial charge is 0.481 e. The molecule has 3 aromatic rings. The molecule has 3 saturated heterocycles. The Labute approximate surface area is 331 Å². The van der Waals surface area contributed by atoms with Gasteiger partial charge < -0.3 is 21.1 Å². The summed E-state index contributed by atoms with van der Waals surface area (Å²) in [6.45, 7) is 10.9. The van der Waals surface area contributed by atoms with Gasteiger partial charge in [0.05, 0.1) is 48.5 Å². The molecule has 3 amide bonds. The summed E-state index contributed by atoms with van der Waals surface area (Å²) in [5.41, 5.74) is 2.02. The van der Waals surface area contributed by atoms with Crippen molar-refractivity contribution in [3.63, 3.8) is 0 Å². The number of carbonyl (C=O) groups is 4. The summed E-state index contributed by atoms with van der Waals surface area (Å²) in [5, 5.41) is 18.9. The molecule has 0 saturated carbocycles. The molecule has 0 atom stereocenters. The van der Waals surface area contributed by atoms with E-state index >= 15 is 0 Å². The third-order valence-electron chi connectivity index (χ3n) is 5.31. The molecule has 11 nitrogen and oxygen atoms in total. The second-order valence-corrected chi connectivity index (χ2v) is 13.2. The van der Waals surface area contributed by atoms with Crippen molar-refractivity contribution in [3.8, 4) is 0 Å². The van der Waals surface area contributed by atoms with Crippen molar-refractivity contribution in [2.24, 2.45) is 15.0 Å². The maximum atomic E-state index is 11.4. The monoisotopic (exact) mass is 824 g/mol. The molecule has 0 bridgehead atoms. The van der Waals surface area contributed by atoms with E-state index in [0.29, 0.717) is 64.0 Å². The molecule has 3 fully saturated rings. The van der Waals surface area contributed by atoms with Crippen molar-refractivity contribution < 1.29 is 24.3 Å². The first kappa shape index (κ1) is 46.2. The Bertz CT molecular complexity index is 1720. The van der Waals surface area contributed by atoms with Crippen LogP contribution in [0.1, 0.15) is 41.5 Å². The molecule has 6 rings (SSSR count). The predicted octanol–water partition coefficient (Wildman–Crippen LogP) is 9.62. The average molecular weight is 826 g/mol. The summed E-state index contributed by atoms with van der Waals surface area (Å²) in [4.78, 5) is 55.5. The molecule has 4 N–H and O–H groups in total. The standard InChI is InChI=1S/C11H9ClN2OS.2C9H7ClN2OS.C2H4O2.2C2H6/c1-2-9-10(15)14-11(16-9)13-8-6-4-3-5-7(8)12;2*10-6-3-1-2-4-7(6)11-9-12-8(13)5-14-9;1-2(3)4;2*1-2/h2-6H,1H3,(H,13,14,15);2*1-4H,5H2,(H,11,12,13);1H3,(H,3,4);2*1-2H3. The Kier molecular flexibility index (Phi) is 23.2.